The normalized spacial score (nSPS) is 14.9. The van der Waals surface area contributed by atoms with E-state index in [9.17, 15) is 13.2 Å². The predicted molar refractivity (Wildman–Crippen MR) is 111 cm³/mol. The molecule has 162 valence electrons. The Morgan fingerprint density at radius 1 is 1.23 bits per heavy atom. The third kappa shape index (κ3) is 4.30. The number of aromatic nitrogens is 3. The maximum Gasteiger partial charge on any atom is 0.573 e. The Morgan fingerprint density at radius 2 is 2.03 bits per heavy atom. The quantitative estimate of drug-likeness (QED) is 0.428. The Kier molecular flexibility index (Phi) is 5.25. The lowest BCUT2D eigenvalue weighted by Crippen LogP contribution is -2.52. The third-order valence-electron chi connectivity index (χ3n) is 5.03. The molecule has 0 saturated carbocycles. The summed E-state index contributed by atoms with van der Waals surface area (Å²) < 4.78 is 41.8. The van der Waals surface area contributed by atoms with Gasteiger partial charge in [0.05, 0.1) is 12.1 Å². The molecule has 1 saturated heterocycles. The highest BCUT2D eigenvalue weighted by molar-refractivity contribution is 6.00. The minimum absolute atomic E-state index is 0.309. The Hall–Kier alpha value is -3.63. The van der Waals surface area contributed by atoms with Crippen molar-refractivity contribution in [2.24, 2.45) is 0 Å². The van der Waals surface area contributed by atoms with Gasteiger partial charge in [0.1, 0.15) is 28.9 Å². The molecule has 0 unspecified atom stereocenters. The second kappa shape index (κ2) is 7.89. The van der Waals surface area contributed by atoms with Crippen LogP contribution in [0.2, 0.25) is 0 Å². The molecule has 4 rings (SSSR count). The van der Waals surface area contributed by atoms with E-state index in [1.54, 1.807) is 23.2 Å². The molecule has 1 aliphatic rings. The van der Waals surface area contributed by atoms with Crippen molar-refractivity contribution in [3.05, 3.63) is 36.5 Å². The van der Waals surface area contributed by atoms with Gasteiger partial charge < -0.3 is 14.5 Å². The molecule has 3 aromatic rings. The van der Waals surface area contributed by atoms with E-state index >= 15 is 0 Å². The van der Waals surface area contributed by atoms with Gasteiger partial charge in [-0.15, -0.1) is 13.2 Å². The number of rotatable bonds is 4. The fourth-order valence-corrected chi connectivity index (χ4v) is 3.53. The second-order valence-electron chi connectivity index (χ2n) is 7.05. The first-order valence-corrected chi connectivity index (χ1v) is 9.63. The highest BCUT2D eigenvalue weighted by atomic mass is 19.4. The number of hydrogen-bond acceptors (Lipinski definition) is 6. The molecule has 0 spiro atoms. The van der Waals surface area contributed by atoms with Crippen molar-refractivity contribution in [3.63, 3.8) is 0 Å². The van der Waals surface area contributed by atoms with Crippen LogP contribution in [0, 0.1) is 10.8 Å². The molecule has 1 aromatic carbocycles. The van der Waals surface area contributed by atoms with Gasteiger partial charge in [0.25, 0.3) is 0 Å². The van der Waals surface area contributed by atoms with E-state index in [-0.39, 0.29) is 5.75 Å². The number of H-pyrrole nitrogens is 1. The molecule has 8 nitrogen and oxygen atoms in total. The molecule has 3 N–H and O–H groups in total. The monoisotopic (exact) mass is 431 g/mol. The van der Waals surface area contributed by atoms with Gasteiger partial charge in [0.2, 0.25) is 0 Å². The van der Waals surface area contributed by atoms with E-state index in [0.717, 1.165) is 0 Å². The summed E-state index contributed by atoms with van der Waals surface area (Å²) in [6, 6.07) is 7.53. The highest BCUT2D eigenvalue weighted by Gasteiger charge is 2.31. The zero-order valence-electron chi connectivity index (χ0n) is 16.6. The lowest BCUT2D eigenvalue weighted by Gasteiger charge is -2.36. The molecule has 0 aliphatic carbocycles. The largest absolute Gasteiger partial charge is 0.573 e. The number of nitrogens with zero attached hydrogens (tertiary/aromatic N) is 4. The Balaban J connectivity index is 1.62. The Bertz CT molecular complexity index is 1140. The van der Waals surface area contributed by atoms with Gasteiger partial charge in [-0.05, 0) is 30.3 Å². The highest BCUT2D eigenvalue weighted by Crippen LogP contribution is 2.32. The SMILES string of the molecule is CCC(=N)N1CCN(c2cc(-c3n[nH]c4ccc(OC(F)(F)F)cc34)ccn2)CC1=N. The first-order chi connectivity index (χ1) is 14.7. The van der Waals surface area contributed by atoms with Crippen LogP contribution in [0.3, 0.4) is 0 Å². The summed E-state index contributed by atoms with van der Waals surface area (Å²) >= 11 is 0. The van der Waals surface area contributed by atoms with Crippen LogP contribution in [-0.2, 0) is 0 Å². The Morgan fingerprint density at radius 3 is 2.74 bits per heavy atom. The molecule has 0 radical (unpaired) electrons. The molecule has 0 amide bonds. The Labute approximate surface area is 175 Å². The van der Waals surface area contributed by atoms with Crippen molar-refractivity contribution in [3.8, 4) is 17.0 Å². The number of hydrogen-bond donors (Lipinski definition) is 3. The lowest BCUT2D eigenvalue weighted by atomic mass is 10.1. The summed E-state index contributed by atoms with van der Waals surface area (Å²) in [6.45, 7) is 3.29. The van der Waals surface area contributed by atoms with Gasteiger partial charge in [0, 0.05) is 36.7 Å². The van der Waals surface area contributed by atoms with Crippen LogP contribution in [0.1, 0.15) is 13.3 Å². The van der Waals surface area contributed by atoms with Crippen LogP contribution in [-0.4, -0.2) is 57.7 Å². The average molecular weight is 431 g/mol. The van der Waals surface area contributed by atoms with Crippen LogP contribution in [0.5, 0.6) is 5.75 Å². The van der Waals surface area contributed by atoms with Crippen LogP contribution in [0.4, 0.5) is 19.0 Å². The fourth-order valence-electron chi connectivity index (χ4n) is 3.53. The van der Waals surface area contributed by atoms with Gasteiger partial charge in [-0.3, -0.25) is 15.9 Å². The number of amidine groups is 2. The standard InChI is InChI=1S/C20H20F3N7O/c1-2-16(24)30-8-7-29(11-17(30)25)18-9-12(5-6-26-18)19-14-10-13(31-20(21,22)23)3-4-15(14)27-28-19/h3-6,9-10,24-25H,2,7-8,11H2,1H3,(H,27,28). The molecule has 1 aliphatic heterocycles. The maximum atomic E-state index is 12.6. The summed E-state index contributed by atoms with van der Waals surface area (Å²) in [5, 5.41) is 23.8. The van der Waals surface area contributed by atoms with Crippen LogP contribution in [0.25, 0.3) is 22.2 Å². The van der Waals surface area contributed by atoms with Crippen molar-refractivity contribution in [2.45, 2.75) is 19.7 Å². The lowest BCUT2D eigenvalue weighted by molar-refractivity contribution is -0.274. The molecule has 3 heterocycles. The molecule has 2 aromatic heterocycles. The molecule has 1 fully saturated rings. The van der Waals surface area contributed by atoms with Crippen molar-refractivity contribution in [1.82, 2.24) is 20.1 Å². The van der Waals surface area contributed by atoms with E-state index in [1.807, 2.05) is 11.8 Å². The fraction of sp³-hybridized carbons (Fsp3) is 0.300. The molecule has 0 bridgehead atoms. The summed E-state index contributed by atoms with van der Waals surface area (Å²) in [6.07, 6.45) is -2.62. The maximum absolute atomic E-state index is 12.6. The van der Waals surface area contributed by atoms with Crippen molar-refractivity contribution in [2.75, 3.05) is 24.5 Å². The van der Waals surface area contributed by atoms with E-state index in [2.05, 4.69) is 19.9 Å². The number of piperazine rings is 1. The zero-order chi connectivity index (χ0) is 22.2. The number of benzene rings is 1. The van der Waals surface area contributed by atoms with Crippen molar-refractivity contribution < 1.29 is 17.9 Å². The number of halogens is 3. The topological polar surface area (TPSA) is 105 Å². The van der Waals surface area contributed by atoms with Crippen LogP contribution >= 0.6 is 0 Å². The van der Waals surface area contributed by atoms with Gasteiger partial charge in [-0.1, -0.05) is 6.92 Å². The minimum Gasteiger partial charge on any atom is -0.406 e. The predicted octanol–water partition coefficient (Wildman–Crippen LogP) is 4.01. The van der Waals surface area contributed by atoms with E-state index in [1.165, 1.54) is 18.2 Å². The van der Waals surface area contributed by atoms with Gasteiger partial charge in [-0.2, -0.15) is 5.10 Å². The van der Waals surface area contributed by atoms with Crippen molar-refractivity contribution in [1.29, 1.82) is 10.8 Å². The molecular formula is C20H20F3N7O. The molecular weight excluding hydrogens is 411 g/mol. The number of anilines is 1. The number of pyridine rings is 1. The average Bonchev–Trinajstić information content (AvgIpc) is 3.15. The number of aromatic amines is 1. The molecule has 31 heavy (non-hydrogen) atoms. The number of ether oxygens (including phenoxy) is 1. The molecule has 0 atom stereocenters. The number of fused-ring (bicyclic) bond motifs is 1. The smallest absolute Gasteiger partial charge is 0.406 e. The summed E-state index contributed by atoms with van der Waals surface area (Å²) in [4.78, 5) is 8.00. The van der Waals surface area contributed by atoms with E-state index in [0.29, 0.717) is 65.7 Å². The van der Waals surface area contributed by atoms with Crippen LogP contribution in [0.15, 0.2) is 36.5 Å². The van der Waals surface area contributed by atoms with Gasteiger partial charge in [0.15, 0.2) is 0 Å². The van der Waals surface area contributed by atoms with Crippen molar-refractivity contribution >= 4 is 28.4 Å². The van der Waals surface area contributed by atoms with Gasteiger partial charge >= 0.3 is 6.36 Å². The molecule has 11 heteroatoms. The van der Waals surface area contributed by atoms with E-state index in [4.69, 9.17) is 10.8 Å². The summed E-state index contributed by atoms with van der Waals surface area (Å²) in [5.74, 6) is 1.04. The summed E-state index contributed by atoms with van der Waals surface area (Å²) in [7, 11) is 0. The number of nitrogens with one attached hydrogen (secondary N) is 3. The first-order valence-electron chi connectivity index (χ1n) is 9.63. The van der Waals surface area contributed by atoms with E-state index < -0.39 is 6.36 Å². The van der Waals surface area contributed by atoms with Gasteiger partial charge in [-0.25, -0.2) is 4.98 Å². The van der Waals surface area contributed by atoms with Crippen LogP contribution < -0.4 is 9.64 Å². The summed E-state index contributed by atoms with van der Waals surface area (Å²) in [5.41, 5.74) is 1.74. The first kappa shape index (κ1) is 20.6. The minimum atomic E-state index is -4.78. The number of alkyl halides is 3. The third-order valence-corrected chi connectivity index (χ3v) is 5.03. The second-order valence-corrected chi connectivity index (χ2v) is 7.05. The zero-order valence-corrected chi connectivity index (χ0v) is 16.6.